The van der Waals surface area contributed by atoms with Gasteiger partial charge in [0.05, 0.1) is 40.7 Å². The van der Waals surface area contributed by atoms with Gasteiger partial charge in [-0.2, -0.15) is 10.5 Å². The van der Waals surface area contributed by atoms with E-state index in [1.165, 1.54) is 6.08 Å². The van der Waals surface area contributed by atoms with E-state index in [0.717, 1.165) is 33.6 Å². The third-order valence-corrected chi connectivity index (χ3v) is 5.83. The highest BCUT2D eigenvalue weighted by atomic mass is 16.4. The van der Waals surface area contributed by atoms with Crippen molar-refractivity contribution in [2.45, 2.75) is 26.9 Å². The lowest BCUT2D eigenvalue weighted by Crippen LogP contribution is -2.28. The van der Waals surface area contributed by atoms with Crippen LogP contribution in [0.15, 0.2) is 72.6 Å². The second-order valence-electron chi connectivity index (χ2n) is 8.06. The number of carboxylic acids is 1. The zero-order chi connectivity index (χ0) is 23.5. The Morgan fingerprint density at radius 1 is 0.818 bits per heavy atom. The molecule has 1 aliphatic rings. The topological polar surface area (TPSA) is 91.4 Å². The standard InChI is InChI=1S/C27H22N4O2/c1-18-11-24-25(12-19(18)2)31(17-23-9-5-21(15-29)6-10-23)26(13-27(32)33)30(24)16-22-7-3-20(14-28)4-8-22/h3-13H,16-17H2,1-2H3,(H,32,33). The first kappa shape index (κ1) is 21.7. The number of aryl methyl sites for hydroxylation is 2. The van der Waals surface area contributed by atoms with Crippen LogP contribution in [0.1, 0.15) is 33.4 Å². The zero-order valence-corrected chi connectivity index (χ0v) is 18.4. The molecule has 0 saturated heterocycles. The van der Waals surface area contributed by atoms with E-state index in [0.29, 0.717) is 30.0 Å². The van der Waals surface area contributed by atoms with Crippen molar-refractivity contribution in [3.8, 4) is 12.1 Å². The fraction of sp³-hybridized carbons (Fsp3) is 0.148. The fourth-order valence-electron chi connectivity index (χ4n) is 3.94. The molecule has 0 amide bonds. The Labute approximate surface area is 192 Å². The highest BCUT2D eigenvalue weighted by Crippen LogP contribution is 2.44. The molecule has 3 aromatic rings. The molecule has 0 spiro atoms. The Morgan fingerprint density at radius 2 is 1.21 bits per heavy atom. The number of carboxylic acid groups (broad SMARTS) is 1. The first-order valence-electron chi connectivity index (χ1n) is 10.5. The van der Waals surface area contributed by atoms with Crippen LogP contribution in [-0.4, -0.2) is 11.1 Å². The molecule has 6 heteroatoms. The third kappa shape index (κ3) is 4.42. The summed E-state index contributed by atoms with van der Waals surface area (Å²) in [5, 5.41) is 27.8. The number of fused-ring (bicyclic) bond motifs is 1. The van der Waals surface area contributed by atoms with Gasteiger partial charge in [-0.1, -0.05) is 24.3 Å². The van der Waals surface area contributed by atoms with Crippen molar-refractivity contribution in [3.63, 3.8) is 0 Å². The Morgan fingerprint density at radius 3 is 1.55 bits per heavy atom. The van der Waals surface area contributed by atoms with Crippen LogP contribution in [0.25, 0.3) is 0 Å². The van der Waals surface area contributed by atoms with Gasteiger partial charge in [-0.05, 0) is 72.5 Å². The molecule has 3 aromatic carbocycles. The number of rotatable bonds is 5. The van der Waals surface area contributed by atoms with E-state index >= 15 is 0 Å². The third-order valence-electron chi connectivity index (χ3n) is 5.83. The maximum atomic E-state index is 11.8. The second-order valence-corrected chi connectivity index (χ2v) is 8.06. The molecule has 0 fully saturated rings. The lowest BCUT2D eigenvalue weighted by molar-refractivity contribution is -0.131. The van der Waals surface area contributed by atoms with Crippen molar-refractivity contribution in [3.05, 3.63) is 106 Å². The van der Waals surface area contributed by atoms with Crippen LogP contribution in [0.5, 0.6) is 0 Å². The molecular weight excluding hydrogens is 412 g/mol. The van der Waals surface area contributed by atoms with Gasteiger partial charge in [-0.25, -0.2) is 4.79 Å². The molecule has 4 rings (SSSR count). The number of anilines is 2. The van der Waals surface area contributed by atoms with Crippen LogP contribution >= 0.6 is 0 Å². The van der Waals surface area contributed by atoms with Gasteiger partial charge >= 0.3 is 5.97 Å². The average molecular weight is 434 g/mol. The zero-order valence-electron chi connectivity index (χ0n) is 18.4. The van der Waals surface area contributed by atoms with Crippen molar-refractivity contribution >= 4 is 17.3 Å². The highest BCUT2D eigenvalue weighted by Gasteiger charge is 2.32. The second kappa shape index (κ2) is 8.90. The van der Waals surface area contributed by atoms with Crippen LogP contribution in [-0.2, 0) is 17.9 Å². The first-order chi connectivity index (χ1) is 15.9. The largest absolute Gasteiger partial charge is 0.478 e. The minimum Gasteiger partial charge on any atom is -0.478 e. The van der Waals surface area contributed by atoms with E-state index in [9.17, 15) is 9.90 Å². The summed E-state index contributed by atoms with van der Waals surface area (Å²) in [7, 11) is 0. The fourth-order valence-corrected chi connectivity index (χ4v) is 3.94. The normalized spacial score (nSPS) is 12.2. The Balaban J connectivity index is 1.79. The molecule has 0 aromatic heterocycles. The number of aliphatic carboxylic acids is 1. The lowest BCUT2D eigenvalue weighted by Gasteiger charge is -2.25. The minimum absolute atomic E-state index is 0.462. The van der Waals surface area contributed by atoms with Crippen molar-refractivity contribution in [2.24, 2.45) is 0 Å². The Hall–Kier alpha value is -4.55. The van der Waals surface area contributed by atoms with Crippen LogP contribution in [0.4, 0.5) is 11.4 Å². The molecule has 1 aliphatic heterocycles. The maximum Gasteiger partial charge on any atom is 0.331 e. The molecule has 0 saturated carbocycles. The lowest BCUT2D eigenvalue weighted by atomic mass is 10.1. The van der Waals surface area contributed by atoms with Gasteiger partial charge in [0.1, 0.15) is 5.82 Å². The number of carbonyl (C=O) groups is 1. The van der Waals surface area contributed by atoms with Crippen molar-refractivity contribution in [1.82, 2.24) is 0 Å². The number of benzene rings is 3. The molecule has 0 radical (unpaired) electrons. The van der Waals surface area contributed by atoms with Crippen LogP contribution in [0, 0.1) is 36.5 Å². The van der Waals surface area contributed by atoms with Crippen molar-refractivity contribution < 1.29 is 9.90 Å². The van der Waals surface area contributed by atoms with Gasteiger partial charge in [0.2, 0.25) is 0 Å². The summed E-state index contributed by atoms with van der Waals surface area (Å²) in [6, 6.07) is 23.0. The molecule has 0 aliphatic carbocycles. The Bertz CT molecular complexity index is 1230. The predicted molar refractivity (Wildman–Crippen MR) is 126 cm³/mol. The molecular formula is C27H22N4O2. The molecule has 33 heavy (non-hydrogen) atoms. The maximum absolute atomic E-state index is 11.8. The molecule has 6 nitrogen and oxygen atoms in total. The molecule has 1 N–H and O–H groups in total. The van der Waals surface area contributed by atoms with E-state index in [-0.39, 0.29) is 0 Å². The summed E-state index contributed by atoms with van der Waals surface area (Å²) in [6.07, 6.45) is 1.23. The summed E-state index contributed by atoms with van der Waals surface area (Å²) in [5.41, 5.74) is 7.20. The number of nitrogens with zero attached hydrogens (tertiary/aromatic N) is 4. The van der Waals surface area contributed by atoms with Gasteiger partial charge in [-0.15, -0.1) is 0 Å². The monoisotopic (exact) mass is 434 g/mol. The smallest absolute Gasteiger partial charge is 0.331 e. The van der Waals surface area contributed by atoms with Crippen LogP contribution in [0.2, 0.25) is 0 Å². The van der Waals surface area contributed by atoms with E-state index in [4.69, 9.17) is 10.5 Å². The molecule has 0 unspecified atom stereocenters. The summed E-state index contributed by atoms with van der Waals surface area (Å²) in [6.45, 7) is 5.01. The van der Waals surface area contributed by atoms with E-state index in [1.54, 1.807) is 24.3 Å². The van der Waals surface area contributed by atoms with Gasteiger partial charge in [0, 0.05) is 13.1 Å². The van der Waals surface area contributed by atoms with Gasteiger partial charge in [0.15, 0.2) is 0 Å². The van der Waals surface area contributed by atoms with E-state index < -0.39 is 5.97 Å². The van der Waals surface area contributed by atoms with Crippen LogP contribution in [0.3, 0.4) is 0 Å². The number of nitriles is 2. The van der Waals surface area contributed by atoms with Gasteiger partial charge in [-0.3, -0.25) is 0 Å². The van der Waals surface area contributed by atoms with E-state index in [1.807, 2.05) is 47.9 Å². The molecule has 0 atom stereocenters. The summed E-state index contributed by atoms with van der Waals surface area (Å²) >= 11 is 0. The predicted octanol–water partition coefficient (Wildman–Crippen LogP) is 5.00. The van der Waals surface area contributed by atoms with Crippen molar-refractivity contribution in [2.75, 3.05) is 9.80 Å². The van der Waals surface area contributed by atoms with E-state index in [2.05, 4.69) is 24.3 Å². The molecule has 0 bridgehead atoms. The first-order valence-corrected chi connectivity index (χ1v) is 10.5. The molecule has 162 valence electrons. The van der Waals surface area contributed by atoms with Gasteiger partial charge in [0.25, 0.3) is 0 Å². The summed E-state index contributed by atoms with van der Waals surface area (Å²) < 4.78 is 0. The minimum atomic E-state index is -1.03. The number of hydrogen-bond acceptors (Lipinski definition) is 5. The quantitative estimate of drug-likeness (QED) is 0.568. The summed E-state index contributed by atoms with van der Waals surface area (Å²) in [4.78, 5) is 15.8. The highest BCUT2D eigenvalue weighted by molar-refractivity contribution is 5.89. The average Bonchev–Trinajstić information content (AvgIpc) is 3.06. The number of hydrogen-bond donors (Lipinski definition) is 1. The SMILES string of the molecule is Cc1cc2c(cc1C)N(Cc1ccc(C#N)cc1)C(=CC(=O)O)N2Cc1ccc(C#N)cc1. The Kier molecular flexibility index (Phi) is 5.85. The van der Waals surface area contributed by atoms with Crippen molar-refractivity contribution in [1.29, 1.82) is 10.5 Å². The summed E-state index contributed by atoms with van der Waals surface area (Å²) in [5.74, 6) is -0.461. The molecule has 1 heterocycles. The van der Waals surface area contributed by atoms with Gasteiger partial charge < -0.3 is 14.9 Å². The van der Waals surface area contributed by atoms with Crippen LogP contribution < -0.4 is 9.80 Å².